The van der Waals surface area contributed by atoms with E-state index in [1.165, 1.54) is 17.7 Å². The van der Waals surface area contributed by atoms with Gasteiger partial charge in [-0.3, -0.25) is 9.89 Å². The number of aromatic nitrogens is 3. The first-order valence-electron chi connectivity index (χ1n) is 12.8. The van der Waals surface area contributed by atoms with Gasteiger partial charge in [0, 0.05) is 47.4 Å². The van der Waals surface area contributed by atoms with Gasteiger partial charge in [-0.15, -0.1) is 0 Å². The van der Waals surface area contributed by atoms with Crippen molar-refractivity contribution >= 4 is 39.4 Å². The predicted molar refractivity (Wildman–Crippen MR) is 135 cm³/mol. The zero-order valence-corrected chi connectivity index (χ0v) is 20.8. The molecule has 0 amide bonds. The number of halogens is 3. The predicted octanol–water partition coefficient (Wildman–Crippen LogP) is 6.69. The average molecular weight is 526 g/mol. The minimum atomic E-state index is -0.891. The maximum absolute atomic E-state index is 14.5. The summed E-state index contributed by atoms with van der Waals surface area (Å²) >= 11 is 6.39. The first-order valence-corrected chi connectivity index (χ1v) is 13.2. The van der Waals surface area contributed by atoms with Crippen LogP contribution >= 0.6 is 11.6 Å². The summed E-state index contributed by atoms with van der Waals surface area (Å²) in [5.41, 5.74) is 4.72. The van der Waals surface area contributed by atoms with Crippen LogP contribution in [0.2, 0.25) is 5.15 Å². The second-order valence-corrected chi connectivity index (χ2v) is 11.5. The lowest BCUT2D eigenvalue weighted by molar-refractivity contribution is -0.155. The van der Waals surface area contributed by atoms with Crippen LogP contribution in [0.3, 0.4) is 0 Å². The number of fused-ring (bicyclic) bond motifs is 2. The lowest BCUT2D eigenvalue weighted by Gasteiger charge is -2.57. The number of benzene rings is 2. The third-order valence-corrected chi connectivity index (χ3v) is 9.21. The molecule has 9 heteroatoms. The van der Waals surface area contributed by atoms with Crippen LogP contribution in [0.4, 0.5) is 8.78 Å². The van der Waals surface area contributed by atoms with E-state index in [9.17, 15) is 18.7 Å². The van der Waals surface area contributed by atoms with Crippen molar-refractivity contribution in [3.8, 4) is 5.69 Å². The van der Waals surface area contributed by atoms with Gasteiger partial charge < -0.3 is 14.4 Å². The van der Waals surface area contributed by atoms with Crippen LogP contribution in [0.15, 0.2) is 30.3 Å². The summed E-state index contributed by atoms with van der Waals surface area (Å²) in [6.45, 7) is 1.30. The lowest BCUT2D eigenvalue weighted by Crippen LogP contribution is -2.49. The van der Waals surface area contributed by atoms with E-state index in [0.717, 1.165) is 66.0 Å². The molecule has 4 aromatic rings. The number of ether oxygens (including phenoxy) is 1. The molecular formula is C28H26ClF2N3O3. The summed E-state index contributed by atoms with van der Waals surface area (Å²) in [6.07, 6.45) is 5.01. The van der Waals surface area contributed by atoms with Gasteiger partial charge in [0.15, 0.2) is 16.8 Å². The first-order chi connectivity index (χ1) is 17.8. The van der Waals surface area contributed by atoms with Crippen molar-refractivity contribution in [1.29, 1.82) is 0 Å². The zero-order valence-electron chi connectivity index (χ0n) is 20.1. The third kappa shape index (κ3) is 3.52. The fourth-order valence-corrected chi connectivity index (χ4v) is 7.40. The highest BCUT2D eigenvalue weighted by Gasteiger charge is 2.56. The molecule has 37 heavy (non-hydrogen) atoms. The van der Waals surface area contributed by atoms with Crippen molar-refractivity contribution in [3.63, 3.8) is 0 Å². The van der Waals surface area contributed by atoms with E-state index in [4.69, 9.17) is 16.3 Å². The number of nitrogens with zero attached hydrogens (tertiary/aromatic N) is 2. The molecule has 2 aromatic carbocycles. The van der Waals surface area contributed by atoms with E-state index in [-0.39, 0.29) is 23.2 Å². The second-order valence-electron chi connectivity index (χ2n) is 11.1. The van der Waals surface area contributed by atoms with Crippen molar-refractivity contribution < 1.29 is 23.4 Å². The minimum Gasteiger partial charge on any atom is -0.481 e. The number of carbonyl (C=O) groups is 1. The van der Waals surface area contributed by atoms with Crippen molar-refractivity contribution in [2.24, 2.45) is 11.3 Å². The Bertz CT molecular complexity index is 1560. The third-order valence-electron chi connectivity index (χ3n) is 8.93. The highest BCUT2D eigenvalue weighted by molar-refractivity contribution is 6.34. The van der Waals surface area contributed by atoms with Crippen molar-refractivity contribution in [1.82, 2.24) is 14.8 Å². The molecule has 3 aliphatic rings. The molecule has 1 aliphatic heterocycles. The molecule has 7 rings (SSSR count). The van der Waals surface area contributed by atoms with Crippen LogP contribution in [0.5, 0.6) is 0 Å². The van der Waals surface area contributed by atoms with Gasteiger partial charge in [0.05, 0.1) is 17.0 Å². The zero-order chi connectivity index (χ0) is 25.5. The number of H-pyrrole nitrogens is 1. The molecule has 2 N–H and O–H groups in total. The Morgan fingerprint density at radius 1 is 1.05 bits per heavy atom. The summed E-state index contributed by atoms with van der Waals surface area (Å²) in [5.74, 6) is -2.26. The quantitative estimate of drug-likeness (QED) is 0.311. The smallest absolute Gasteiger partial charge is 0.306 e. The maximum atomic E-state index is 14.5. The fourth-order valence-electron chi connectivity index (χ4n) is 7.20. The Hall–Kier alpha value is -2.97. The Morgan fingerprint density at radius 2 is 1.81 bits per heavy atom. The van der Waals surface area contributed by atoms with Gasteiger partial charge >= 0.3 is 5.97 Å². The van der Waals surface area contributed by atoms with Gasteiger partial charge in [0.1, 0.15) is 0 Å². The minimum absolute atomic E-state index is 0.0957. The number of rotatable bonds is 4. The summed E-state index contributed by atoms with van der Waals surface area (Å²) in [4.78, 5) is 11.4. The summed E-state index contributed by atoms with van der Waals surface area (Å²) in [6, 6.07) is 8.11. The maximum Gasteiger partial charge on any atom is 0.306 e. The number of aromatic amines is 1. The molecule has 0 unspecified atom stereocenters. The topological polar surface area (TPSA) is 80.1 Å². The number of nitrogens with one attached hydrogen (secondary N) is 1. The van der Waals surface area contributed by atoms with Gasteiger partial charge in [0.25, 0.3) is 0 Å². The standard InChI is InChI=1S/C28H26ClF2N3O3/c29-26-18-9-23-19(8-22(18)32-33-26)24(15-10-28(11-15)12-16(13-28)27(35)36)25(14-3-5-37-6-4-14)34(23)17-1-2-20(30)21(31)7-17/h1-2,7-9,14-16H,3-6,10-13H2,(H,32,33)(H,35,36). The number of carboxylic acids is 1. The molecule has 3 heterocycles. The van der Waals surface area contributed by atoms with E-state index in [1.54, 1.807) is 6.07 Å². The van der Waals surface area contributed by atoms with Crippen molar-refractivity contribution in [3.05, 3.63) is 58.4 Å². The van der Waals surface area contributed by atoms with E-state index in [0.29, 0.717) is 24.1 Å². The number of hydrogen-bond acceptors (Lipinski definition) is 3. The fraction of sp³-hybridized carbons (Fsp3) is 0.429. The van der Waals surface area contributed by atoms with E-state index in [1.807, 2.05) is 6.07 Å². The molecular weight excluding hydrogens is 500 g/mol. The molecule has 1 saturated heterocycles. The normalized spacial score (nSPS) is 26.0. The van der Waals surface area contributed by atoms with Gasteiger partial charge in [0.2, 0.25) is 0 Å². The second kappa shape index (κ2) is 8.27. The van der Waals surface area contributed by atoms with E-state index in [2.05, 4.69) is 20.8 Å². The Kier molecular flexibility index (Phi) is 5.18. The highest BCUT2D eigenvalue weighted by atomic mass is 35.5. The molecule has 3 fully saturated rings. The molecule has 0 bridgehead atoms. The van der Waals surface area contributed by atoms with E-state index >= 15 is 0 Å². The van der Waals surface area contributed by atoms with Crippen LogP contribution in [0.25, 0.3) is 27.5 Å². The summed E-state index contributed by atoms with van der Waals surface area (Å²) < 4.78 is 36.2. The van der Waals surface area contributed by atoms with E-state index < -0.39 is 17.6 Å². The molecule has 192 valence electrons. The molecule has 2 aliphatic carbocycles. The van der Waals surface area contributed by atoms with Crippen LogP contribution in [0, 0.1) is 23.0 Å². The SMILES string of the molecule is O=C(O)C1CC2(C1)CC(c1c(C3CCOCC3)n(-c3ccc(F)c(F)c3)c3cc4c(Cl)n[nH]c4cc13)C2. The lowest BCUT2D eigenvalue weighted by atomic mass is 9.47. The average Bonchev–Trinajstić information content (AvgIpc) is 3.36. The van der Waals surface area contributed by atoms with Crippen molar-refractivity contribution in [2.75, 3.05) is 13.2 Å². The molecule has 0 radical (unpaired) electrons. The Balaban J connectivity index is 1.44. The van der Waals surface area contributed by atoms with Crippen LogP contribution in [-0.4, -0.2) is 39.1 Å². The summed E-state index contributed by atoms with van der Waals surface area (Å²) in [7, 11) is 0. The van der Waals surface area contributed by atoms with Crippen LogP contribution in [-0.2, 0) is 9.53 Å². The van der Waals surface area contributed by atoms with Crippen LogP contribution in [0.1, 0.15) is 61.6 Å². The van der Waals surface area contributed by atoms with Gasteiger partial charge in [-0.25, -0.2) is 8.78 Å². The number of hydrogen-bond donors (Lipinski definition) is 2. The Labute approximate surface area is 216 Å². The monoisotopic (exact) mass is 525 g/mol. The molecule has 2 saturated carbocycles. The number of aliphatic carboxylic acids is 1. The largest absolute Gasteiger partial charge is 0.481 e. The highest BCUT2D eigenvalue weighted by Crippen LogP contribution is 2.65. The molecule has 1 spiro atoms. The van der Waals surface area contributed by atoms with Gasteiger partial charge in [-0.1, -0.05) is 11.6 Å². The molecule has 6 nitrogen and oxygen atoms in total. The molecule has 0 atom stereocenters. The summed E-state index contributed by atoms with van der Waals surface area (Å²) in [5, 5.41) is 18.8. The van der Waals surface area contributed by atoms with Crippen LogP contribution < -0.4 is 0 Å². The molecule has 2 aromatic heterocycles. The van der Waals surface area contributed by atoms with Crippen molar-refractivity contribution in [2.45, 2.75) is 50.4 Å². The number of carboxylic acid groups (broad SMARTS) is 1. The first kappa shape index (κ1) is 23.2. The van der Waals surface area contributed by atoms with Gasteiger partial charge in [-0.2, -0.15) is 5.10 Å². The Morgan fingerprint density at radius 3 is 2.51 bits per heavy atom. The van der Waals surface area contributed by atoms with Gasteiger partial charge in [-0.05, 0) is 79.7 Å².